The standard InChI is InChI=1S/C11H18O2/c12-11(6-2-1-3-7-11)10-5-4-8-13-9-10/h9,12H,1-8H2. The molecule has 74 valence electrons. The minimum atomic E-state index is -0.515. The molecule has 1 N–H and O–H groups in total. The van der Waals surface area contributed by atoms with Gasteiger partial charge in [0.25, 0.3) is 0 Å². The summed E-state index contributed by atoms with van der Waals surface area (Å²) in [6, 6.07) is 0. The molecule has 1 aliphatic heterocycles. The molecule has 1 aliphatic carbocycles. The van der Waals surface area contributed by atoms with Crippen LogP contribution in [0, 0.1) is 0 Å². The highest BCUT2D eigenvalue weighted by Gasteiger charge is 2.33. The monoisotopic (exact) mass is 182 g/mol. The molecule has 1 fully saturated rings. The fourth-order valence-corrected chi connectivity index (χ4v) is 2.36. The van der Waals surface area contributed by atoms with E-state index in [2.05, 4.69) is 0 Å². The summed E-state index contributed by atoms with van der Waals surface area (Å²) in [5.74, 6) is 0. The fraction of sp³-hybridized carbons (Fsp3) is 0.818. The molecule has 1 saturated carbocycles. The molecular weight excluding hydrogens is 164 g/mol. The SMILES string of the molecule is OC1(C2=COCCC2)CCCCC1. The van der Waals surface area contributed by atoms with Crippen LogP contribution >= 0.6 is 0 Å². The van der Waals surface area contributed by atoms with Crippen molar-refractivity contribution in [3.63, 3.8) is 0 Å². The normalized spacial score (nSPS) is 27.6. The van der Waals surface area contributed by atoms with Crippen molar-refractivity contribution in [1.82, 2.24) is 0 Å². The van der Waals surface area contributed by atoms with Gasteiger partial charge in [-0.05, 0) is 31.3 Å². The van der Waals surface area contributed by atoms with E-state index in [0.717, 1.165) is 50.7 Å². The van der Waals surface area contributed by atoms with E-state index < -0.39 is 5.60 Å². The molecule has 0 bridgehead atoms. The molecule has 2 heteroatoms. The van der Waals surface area contributed by atoms with E-state index in [1.165, 1.54) is 6.42 Å². The Balaban J connectivity index is 2.07. The molecule has 2 nitrogen and oxygen atoms in total. The minimum Gasteiger partial charge on any atom is -0.501 e. The summed E-state index contributed by atoms with van der Waals surface area (Å²) in [5.41, 5.74) is 0.622. The van der Waals surface area contributed by atoms with Crippen molar-refractivity contribution in [2.75, 3.05) is 6.61 Å². The van der Waals surface area contributed by atoms with E-state index in [1.54, 1.807) is 6.26 Å². The maximum absolute atomic E-state index is 10.3. The van der Waals surface area contributed by atoms with Gasteiger partial charge in [-0.1, -0.05) is 19.3 Å². The van der Waals surface area contributed by atoms with Crippen LogP contribution in [0.25, 0.3) is 0 Å². The average Bonchev–Trinajstić information content (AvgIpc) is 2.20. The van der Waals surface area contributed by atoms with Gasteiger partial charge < -0.3 is 9.84 Å². The quantitative estimate of drug-likeness (QED) is 0.674. The number of aliphatic hydroxyl groups is 1. The zero-order chi connectivity index (χ0) is 9.15. The summed E-state index contributed by atoms with van der Waals surface area (Å²) in [6.45, 7) is 0.819. The van der Waals surface area contributed by atoms with Crippen LogP contribution in [0.5, 0.6) is 0 Å². The van der Waals surface area contributed by atoms with Gasteiger partial charge in [0.2, 0.25) is 0 Å². The largest absolute Gasteiger partial charge is 0.501 e. The molecule has 0 saturated heterocycles. The molecule has 13 heavy (non-hydrogen) atoms. The molecule has 0 amide bonds. The maximum Gasteiger partial charge on any atom is 0.0889 e. The fourth-order valence-electron chi connectivity index (χ4n) is 2.36. The molecule has 0 atom stereocenters. The topological polar surface area (TPSA) is 29.5 Å². The van der Waals surface area contributed by atoms with Crippen molar-refractivity contribution in [2.45, 2.75) is 50.5 Å². The first-order chi connectivity index (χ1) is 6.31. The van der Waals surface area contributed by atoms with Crippen LogP contribution in [-0.2, 0) is 4.74 Å². The number of hydrogen-bond donors (Lipinski definition) is 1. The Bertz CT molecular complexity index is 202. The van der Waals surface area contributed by atoms with Gasteiger partial charge in [-0.3, -0.25) is 0 Å². The number of hydrogen-bond acceptors (Lipinski definition) is 2. The third-order valence-corrected chi connectivity index (χ3v) is 3.21. The Morgan fingerprint density at radius 1 is 1.15 bits per heavy atom. The predicted molar refractivity (Wildman–Crippen MR) is 51.3 cm³/mol. The highest BCUT2D eigenvalue weighted by molar-refractivity contribution is 5.16. The molecule has 1 heterocycles. The molecule has 0 unspecified atom stereocenters. The van der Waals surface area contributed by atoms with Crippen molar-refractivity contribution in [3.8, 4) is 0 Å². The Morgan fingerprint density at radius 2 is 1.92 bits per heavy atom. The van der Waals surface area contributed by atoms with Gasteiger partial charge >= 0.3 is 0 Å². The number of rotatable bonds is 1. The van der Waals surface area contributed by atoms with Crippen LogP contribution in [0.1, 0.15) is 44.9 Å². The summed E-state index contributed by atoms with van der Waals surface area (Å²) in [6.07, 6.45) is 9.35. The first-order valence-corrected chi connectivity index (χ1v) is 5.35. The van der Waals surface area contributed by atoms with Crippen LogP contribution in [0.15, 0.2) is 11.8 Å². The highest BCUT2D eigenvalue weighted by Crippen LogP contribution is 2.37. The highest BCUT2D eigenvalue weighted by atomic mass is 16.5. The van der Waals surface area contributed by atoms with Gasteiger partial charge in [0.1, 0.15) is 0 Å². The summed E-state index contributed by atoms with van der Waals surface area (Å²) in [7, 11) is 0. The maximum atomic E-state index is 10.3. The summed E-state index contributed by atoms with van der Waals surface area (Å²) in [5, 5.41) is 10.3. The molecule has 0 spiro atoms. The van der Waals surface area contributed by atoms with E-state index in [1.807, 2.05) is 0 Å². The zero-order valence-electron chi connectivity index (χ0n) is 8.09. The summed E-state index contributed by atoms with van der Waals surface area (Å²) < 4.78 is 5.28. The Labute approximate surface area is 79.6 Å². The van der Waals surface area contributed by atoms with E-state index in [0.29, 0.717) is 0 Å². The second-order valence-corrected chi connectivity index (χ2v) is 4.21. The molecule has 2 aliphatic rings. The molecule has 0 aromatic rings. The third kappa shape index (κ3) is 1.88. The molecule has 0 radical (unpaired) electrons. The third-order valence-electron chi connectivity index (χ3n) is 3.21. The smallest absolute Gasteiger partial charge is 0.0889 e. The van der Waals surface area contributed by atoms with Crippen LogP contribution in [0.4, 0.5) is 0 Å². The number of ether oxygens (including phenoxy) is 1. The van der Waals surface area contributed by atoms with Gasteiger partial charge in [0.15, 0.2) is 0 Å². The van der Waals surface area contributed by atoms with E-state index in [9.17, 15) is 5.11 Å². The second-order valence-electron chi connectivity index (χ2n) is 4.21. The lowest BCUT2D eigenvalue weighted by Gasteiger charge is -2.35. The zero-order valence-corrected chi connectivity index (χ0v) is 8.09. The van der Waals surface area contributed by atoms with Crippen molar-refractivity contribution in [1.29, 1.82) is 0 Å². The van der Waals surface area contributed by atoms with Gasteiger partial charge in [0, 0.05) is 0 Å². The predicted octanol–water partition coefficient (Wildman–Crippen LogP) is 2.38. The lowest BCUT2D eigenvalue weighted by molar-refractivity contribution is 0.0273. The van der Waals surface area contributed by atoms with Crippen molar-refractivity contribution in [2.24, 2.45) is 0 Å². The van der Waals surface area contributed by atoms with Crippen LogP contribution in [0.2, 0.25) is 0 Å². The van der Waals surface area contributed by atoms with Gasteiger partial charge in [0.05, 0.1) is 18.5 Å². The summed E-state index contributed by atoms with van der Waals surface area (Å²) in [4.78, 5) is 0. The Morgan fingerprint density at radius 3 is 2.54 bits per heavy atom. The van der Waals surface area contributed by atoms with Gasteiger partial charge in [-0.25, -0.2) is 0 Å². The van der Waals surface area contributed by atoms with E-state index in [4.69, 9.17) is 4.74 Å². The lowest BCUT2D eigenvalue weighted by Crippen LogP contribution is -2.34. The first kappa shape index (κ1) is 9.07. The minimum absolute atomic E-state index is 0.515. The van der Waals surface area contributed by atoms with Gasteiger partial charge in [-0.15, -0.1) is 0 Å². The van der Waals surface area contributed by atoms with Crippen LogP contribution < -0.4 is 0 Å². The van der Waals surface area contributed by atoms with Crippen LogP contribution in [0.3, 0.4) is 0 Å². The van der Waals surface area contributed by atoms with Crippen molar-refractivity contribution < 1.29 is 9.84 Å². The Kier molecular flexibility index (Phi) is 2.58. The Hall–Kier alpha value is -0.500. The second kappa shape index (κ2) is 3.70. The van der Waals surface area contributed by atoms with E-state index >= 15 is 0 Å². The average molecular weight is 182 g/mol. The van der Waals surface area contributed by atoms with Crippen LogP contribution in [-0.4, -0.2) is 17.3 Å². The first-order valence-electron chi connectivity index (χ1n) is 5.35. The molecule has 0 aromatic heterocycles. The van der Waals surface area contributed by atoms with Crippen molar-refractivity contribution >= 4 is 0 Å². The summed E-state index contributed by atoms with van der Waals surface area (Å²) >= 11 is 0. The van der Waals surface area contributed by atoms with Crippen molar-refractivity contribution in [3.05, 3.63) is 11.8 Å². The lowest BCUT2D eigenvalue weighted by atomic mass is 9.78. The molecular formula is C11H18O2. The molecule has 2 rings (SSSR count). The van der Waals surface area contributed by atoms with E-state index in [-0.39, 0.29) is 0 Å². The van der Waals surface area contributed by atoms with Gasteiger partial charge in [-0.2, -0.15) is 0 Å². The molecule has 0 aromatic carbocycles.